The number of rotatable bonds is 2. The van der Waals surface area contributed by atoms with Gasteiger partial charge < -0.3 is 10.6 Å². The van der Waals surface area contributed by atoms with E-state index in [1.807, 2.05) is 18.5 Å². The fourth-order valence-corrected chi connectivity index (χ4v) is 2.26. The van der Waals surface area contributed by atoms with Crippen molar-refractivity contribution in [3.05, 3.63) is 27.5 Å². The van der Waals surface area contributed by atoms with Gasteiger partial charge in [0.1, 0.15) is 5.82 Å². The van der Waals surface area contributed by atoms with Crippen LogP contribution in [0.1, 0.15) is 11.1 Å². The molecule has 0 aromatic carbocycles. The lowest BCUT2D eigenvalue weighted by molar-refractivity contribution is 0.758. The van der Waals surface area contributed by atoms with E-state index in [9.17, 15) is 4.79 Å². The molecule has 0 radical (unpaired) electrons. The molecule has 0 saturated heterocycles. The van der Waals surface area contributed by atoms with E-state index in [0.717, 1.165) is 30.9 Å². The number of nitrogens with two attached hydrogens (primary N) is 1. The molecule has 0 saturated carbocycles. The van der Waals surface area contributed by atoms with Gasteiger partial charge in [-0.2, -0.15) is 0 Å². The van der Waals surface area contributed by atoms with Gasteiger partial charge >= 0.3 is 0 Å². The summed E-state index contributed by atoms with van der Waals surface area (Å²) in [5.41, 5.74) is 7.99. The van der Waals surface area contributed by atoms with Crippen LogP contribution in [-0.4, -0.2) is 24.7 Å². The molecule has 82 valence electrons. The van der Waals surface area contributed by atoms with E-state index in [2.05, 4.69) is 4.90 Å². The fraction of sp³-hybridized carbons (Fsp3) is 0.545. The third kappa shape index (κ3) is 1.55. The SMILES string of the molecule is Cc1cc(=O)n2c(c1CCN)N(C)CC2. The van der Waals surface area contributed by atoms with Crippen molar-refractivity contribution in [2.24, 2.45) is 5.73 Å². The highest BCUT2D eigenvalue weighted by atomic mass is 16.1. The van der Waals surface area contributed by atoms with Gasteiger partial charge in [-0.05, 0) is 31.0 Å². The van der Waals surface area contributed by atoms with Gasteiger partial charge in [-0.1, -0.05) is 0 Å². The third-order valence-corrected chi connectivity index (χ3v) is 3.02. The maximum absolute atomic E-state index is 11.7. The summed E-state index contributed by atoms with van der Waals surface area (Å²) in [6.45, 7) is 4.32. The monoisotopic (exact) mass is 207 g/mol. The highest BCUT2D eigenvalue weighted by molar-refractivity contribution is 5.53. The van der Waals surface area contributed by atoms with Crippen molar-refractivity contribution in [1.82, 2.24) is 4.57 Å². The molecule has 0 unspecified atom stereocenters. The Balaban J connectivity index is 2.64. The van der Waals surface area contributed by atoms with Gasteiger partial charge in [0.25, 0.3) is 5.56 Å². The molecule has 4 heteroatoms. The van der Waals surface area contributed by atoms with Gasteiger partial charge in [0, 0.05) is 26.2 Å². The van der Waals surface area contributed by atoms with Crippen molar-refractivity contribution < 1.29 is 0 Å². The summed E-state index contributed by atoms with van der Waals surface area (Å²) in [5.74, 6) is 1.06. The van der Waals surface area contributed by atoms with Crippen LogP contribution < -0.4 is 16.2 Å². The molecular formula is C11H17N3O. The van der Waals surface area contributed by atoms with E-state index in [4.69, 9.17) is 5.73 Å². The number of aryl methyl sites for hydroxylation is 1. The average Bonchev–Trinajstić information content (AvgIpc) is 2.56. The standard InChI is InChI=1S/C11H17N3O/c1-8-7-10(15)14-6-5-13(2)11(14)9(8)3-4-12/h7H,3-6,12H2,1-2H3. The van der Waals surface area contributed by atoms with Crippen LogP contribution in [0.2, 0.25) is 0 Å². The lowest BCUT2D eigenvalue weighted by atomic mass is 10.1. The van der Waals surface area contributed by atoms with Gasteiger partial charge in [0.05, 0.1) is 0 Å². The Kier molecular flexibility index (Phi) is 2.52. The summed E-state index contributed by atoms with van der Waals surface area (Å²) in [7, 11) is 2.03. The Bertz CT molecular complexity index is 436. The van der Waals surface area contributed by atoms with E-state index < -0.39 is 0 Å². The summed E-state index contributed by atoms with van der Waals surface area (Å²) in [6, 6.07) is 1.72. The van der Waals surface area contributed by atoms with Gasteiger partial charge in [-0.25, -0.2) is 0 Å². The van der Waals surface area contributed by atoms with Crippen LogP contribution in [0.4, 0.5) is 5.82 Å². The van der Waals surface area contributed by atoms with Crippen molar-refractivity contribution in [3.8, 4) is 0 Å². The number of hydrogen-bond acceptors (Lipinski definition) is 3. The second-order valence-electron chi connectivity index (χ2n) is 4.08. The molecule has 2 rings (SSSR count). The first-order chi connectivity index (χ1) is 7.15. The zero-order valence-corrected chi connectivity index (χ0v) is 9.29. The average molecular weight is 207 g/mol. The van der Waals surface area contributed by atoms with Gasteiger partial charge in [-0.15, -0.1) is 0 Å². The summed E-state index contributed by atoms with van der Waals surface area (Å²) in [4.78, 5) is 13.9. The second-order valence-corrected chi connectivity index (χ2v) is 4.08. The van der Waals surface area contributed by atoms with Crippen LogP contribution in [0.25, 0.3) is 0 Å². The molecule has 0 amide bonds. The molecule has 0 bridgehead atoms. The van der Waals surface area contributed by atoms with Gasteiger partial charge in [0.15, 0.2) is 0 Å². The smallest absolute Gasteiger partial charge is 0.252 e. The summed E-state index contributed by atoms with van der Waals surface area (Å²) >= 11 is 0. The fourth-order valence-electron chi connectivity index (χ4n) is 2.26. The maximum atomic E-state index is 11.7. The van der Waals surface area contributed by atoms with Crippen molar-refractivity contribution in [3.63, 3.8) is 0 Å². The van der Waals surface area contributed by atoms with Crippen molar-refractivity contribution in [2.45, 2.75) is 19.9 Å². The first-order valence-corrected chi connectivity index (χ1v) is 5.29. The molecule has 4 nitrogen and oxygen atoms in total. The molecule has 2 N–H and O–H groups in total. The van der Waals surface area contributed by atoms with Crippen LogP contribution in [0.15, 0.2) is 10.9 Å². The largest absolute Gasteiger partial charge is 0.359 e. The number of anilines is 1. The normalized spacial score (nSPS) is 14.5. The molecule has 0 fully saturated rings. The second kappa shape index (κ2) is 3.70. The van der Waals surface area contributed by atoms with E-state index in [-0.39, 0.29) is 5.56 Å². The zero-order valence-electron chi connectivity index (χ0n) is 9.29. The van der Waals surface area contributed by atoms with Crippen LogP contribution in [0, 0.1) is 6.92 Å². The van der Waals surface area contributed by atoms with E-state index in [1.165, 1.54) is 5.56 Å². The van der Waals surface area contributed by atoms with Gasteiger partial charge in [0.2, 0.25) is 0 Å². The van der Waals surface area contributed by atoms with Crippen molar-refractivity contribution in [2.75, 3.05) is 25.0 Å². The minimum atomic E-state index is 0.104. The summed E-state index contributed by atoms with van der Waals surface area (Å²) < 4.78 is 1.85. The highest BCUT2D eigenvalue weighted by Crippen LogP contribution is 2.25. The quantitative estimate of drug-likeness (QED) is 0.748. The molecule has 2 heterocycles. The number of fused-ring (bicyclic) bond motifs is 1. The number of hydrogen-bond donors (Lipinski definition) is 1. The molecule has 1 aliphatic heterocycles. The topological polar surface area (TPSA) is 51.3 Å². The maximum Gasteiger partial charge on any atom is 0.252 e. The Morgan fingerprint density at radius 1 is 1.47 bits per heavy atom. The lowest BCUT2D eigenvalue weighted by Crippen LogP contribution is -2.22. The minimum Gasteiger partial charge on any atom is -0.359 e. The Hall–Kier alpha value is -1.29. The summed E-state index contributed by atoms with van der Waals surface area (Å²) in [5, 5.41) is 0. The molecule has 1 aliphatic rings. The van der Waals surface area contributed by atoms with Crippen molar-refractivity contribution >= 4 is 5.82 Å². The first kappa shape index (κ1) is 10.2. The van der Waals surface area contributed by atoms with Crippen LogP contribution in [0.5, 0.6) is 0 Å². The van der Waals surface area contributed by atoms with Gasteiger partial charge in [-0.3, -0.25) is 9.36 Å². The molecule has 0 spiro atoms. The number of pyridine rings is 1. The molecule has 15 heavy (non-hydrogen) atoms. The van der Waals surface area contributed by atoms with E-state index in [0.29, 0.717) is 6.54 Å². The first-order valence-electron chi connectivity index (χ1n) is 5.29. The number of likely N-dealkylation sites (N-methyl/N-ethyl adjacent to an activating group) is 1. The number of aromatic nitrogens is 1. The molecule has 1 aromatic rings. The zero-order chi connectivity index (χ0) is 11.0. The van der Waals surface area contributed by atoms with Crippen molar-refractivity contribution in [1.29, 1.82) is 0 Å². The predicted octanol–water partition coefficient (Wildman–Crippen LogP) is 0.108. The molecule has 1 aromatic heterocycles. The lowest BCUT2D eigenvalue weighted by Gasteiger charge is -2.17. The Morgan fingerprint density at radius 3 is 2.87 bits per heavy atom. The van der Waals surface area contributed by atoms with E-state index in [1.54, 1.807) is 6.07 Å². The molecular weight excluding hydrogens is 190 g/mol. The minimum absolute atomic E-state index is 0.104. The Labute approximate surface area is 89.3 Å². The van der Waals surface area contributed by atoms with Crippen LogP contribution in [0.3, 0.4) is 0 Å². The Morgan fingerprint density at radius 2 is 2.20 bits per heavy atom. The summed E-state index contributed by atoms with van der Waals surface area (Å²) in [6.07, 6.45) is 0.839. The predicted molar refractivity (Wildman–Crippen MR) is 61.5 cm³/mol. The van der Waals surface area contributed by atoms with Crippen LogP contribution >= 0.6 is 0 Å². The molecule has 0 atom stereocenters. The highest BCUT2D eigenvalue weighted by Gasteiger charge is 2.21. The number of nitrogens with zero attached hydrogens (tertiary/aromatic N) is 2. The van der Waals surface area contributed by atoms with E-state index >= 15 is 0 Å². The third-order valence-electron chi connectivity index (χ3n) is 3.02. The molecule has 0 aliphatic carbocycles. The van der Waals surface area contributed by atoms with Crippen LogP contribution in [-0.2, 0) is 13.0 Å².